The Balaban J connectivity index is 1.57. The first-order valence-electron chi connectivity index (χ1n) is 9.50. The number of benzene rings is 1. The van der Waals surface area contributed by atoms with Crippen LogP contribution in [0.2, 0.25) is 0 Å². The van der Waals surface area contributed by atoms with Crippen LogP contribution in [0.1, 0.15) is 25.7 Å². The molecule has 1 atom stereocenters. The van der Waals surface area contributed by atoms with E-state index in [1.165, 1.54) is 6.42 Å². The molecule has 0 radical (unpaired) electrons. The lowest BCUT2D eigenvalue weighted by Crippen LogP contribution is -2.42. The van der Waals surface area contributed by atoms with Crippen LogP contribution in [0.3, 0.4) is 0 Å². The van der Waals surface area contributed by atoms with Gasteiger partial charge in [-0.05, 0) is 63.2 Å². The van der Waals surface area contributed by atoms with Crippen molar-refractivity contribution >= 4 is 29.3 Å². The van der Waals surface area contributed by atoms with Gasteiger partial charge in [0.1, 0.15) is 0 Å². The molecule has 5 nitrogen and oxygen atoms in total. The van der Waals surface area contributed by atoms with Crippen LogP contribution in [0, 0.1) is 11.8 Å². The summed E-state index contributed by atoms with van der Waals surface area (Å²) in [5, 5.41) is 3.20. The highest BCUT2D eigenvalue weighted by Crippen LogP contribution is 2.30. The number of likely N-dealkylation sites (tertiary alicyclic amines) is 1. The molecule has 0 saturated carbocycles. The number of carbonyl (C=O) groups is 2. The number of amides is 2. The number of nitrogens with one attached hydrogen (secondary N) is 1. The molecule has 2 aliphatic heterocycles. The molecule has 3 rings (SSSR count). The first-order valence-corrected chi connectivity index (χ1v) is 10.7. The number of anilines is 1. The topological polar surface area (TPSA) is 52.7 Å². The zero-order valence-corrected chi connectivity index (χ0v) is 16.6. The van der Waals surface area contributed by atoms with Crippen LogP contribution in [0.25, 0.3) is 0 Å². The fraction of sp³-hybridized carbons (Fsp3) is 0.600. The zero-order valence-electron chi connectivity index (χ0n) is 15.7. The molecule has 0 spiro atoms. The standard InChI is InChI=1S/C20H29N3O2S/c1-21-9-6-15-7-10-22(11-8-15)20(25)16-12-19(24)23(14-16)17-4-3-5-18(13-17)26-2/h3-5,13,15-16,21H,6-12,14H2,1-2H3. The van der Waals surface area contributed by atoms with E-state index in [1.54, 1.807) is 16.7 Å². The molecule has 2 amide bonds. The second-order valence-corrected chi connectivity index (χ2v) is 8.15. The quantitative estimate of drug-likeness (QED) is 0.777. The average molecular weight is 376 g/mol. The molecule has 6 heteroatoms. The van der Waals surface area contributed by atoms with Crippen molar-refractivity contribution in [2.45, 2.75) is 30.6 Å². The van der Waals surface area contributed by atoms with E-state index in [0.717, 1.165) is 43.1 Å². The zero-order chi connectivity index (χ0) is 18.5. The van der Waals surface area contributed by atoms with Crippen LogP contribution < -0.4 is 10.2 Å². The summed E-state index contributed by atoms with van der Waals surface area (Å²) in [6.45, 7) is 3.22. The SMILES string of the molecule is CNCCC1CCN(C(=O)C2CC(=O)N(c3cccc(SC)c3)C2)CC1. The molecule has 1 aromatic rings. The second-order valence-electron chi connectivity index (χ2n) is 7.27. The molecule has 2 heterocycles. The van der Waals surface area contributed by atoms with Crippen LogP contribution in [0.5, 0.6) is 0 Å². The second kappa shape index (κ2) is 8.91. The van der Waals surface area contributed by atoms with Crippen molar-refractivity contribution in [3.63, 3.8) is 0 Å². The molecule has 2 aliphatic rings. The Hall–Kier alpha value is -1.53. The summed E-state index contributed by atoms with van der Waals surface area (Å²) in [4.78, 5) is 30.3. The summed E-state index contributed by atoms with van der Waals surface area (Å²) in [6.07, 6.45) is 5.70. The molecule has 1 unspecified atom stereocenters. The highest BCUT2D eigenvalue weighted by Gasteiger charge is 2.38. The largest absolute Gasteiger partial charge is 0.342 e. The number of carbonyl (C=O) groups excluding carboxylic acids is 2. The molecule has 2 saturated heterocycles. The van der Waals surface area contributed by atoms with E-state index in [2.05, 4.69) is 5.32 Å². The summed E-state index contributed by atoms with van der Waals surface area (Å²) >= 11 is 1.66. The molecular formula is C20H29N3O2S. The Morgan fingerprint density at radius 1 is 1.31 bits per heavy atom. The monoisotopic (exact) mass is 375 g/mol. The van der Waals surface area contributed by atoms with E-state index >= 15 is 0 Å². The summed E-state index contributed by atoms with van der Waals surface area (Å²) in [7, 11) is 1.98. The van der Waals surface area contributed by atoms with E-state index < -0.39 is 0 Å². The maximum Gasteiger partial charge on any atom is 0.228 e. The first kappa shape index (κ1) is 19.2. The van der Waals surface area contributed by atoms with Gasteiger partial charge in [-0.15, -0.1) is 11.8 Å². The molecular weight excluding hydrogens is 346 g/mol. The summed E-state index contributed by atoms with van der Waals surface area (Å²) in [6, 6.07) is 8.00. The van der Waals surface area contributed by atoms with E-state index in [9.17, 15) is 9.59 Å². The summed E-state index contributed by atoms with van der Waals surface area (Å²) in [5.74, 6) is 0.733. The number of hydrogen-bond donors (Lipinski definition) is 1. The van der Waals surface area contributed by atoms with Gasteiger partial charge in [0.05, 0.1) is 5.92 Å². The highest BCUT2D eigenvalue weighted by molar-refractivity contribution is 7.98. The van der Waals surface area contributed by atoms with Gasteiger partial charge in [-0.2, -0.15) is 0 Å². The fourth-order valence-electron chi connectivity index (χ4n) is 3.95. The molecule has 0 aromatic heterocycles. The molecule has 2 fully saturated rings. The lowest BCUT2D eigenvalue weighted by molar-refractivity contribution is -0.137. The third-order valence-corrected chi connectivity index (χ3v) is 6.29. The Morgan fingerprint density at radius 2 is 2.08 bits per heavy atom. The number of rotatable bonds is 6. The Bertz CT molecular complexity index is 644. The Morgan fingerprint density at radius 3 is 2.77 bits per heavy atom. The van der Waals surface area contributed by atoms with Gasteiger partial charge >= 0.3 is 0 Å². The van der Waals surface area contributed by atoms with Crippen LogP contribution in [-0.4, -0.2) is 56.2 Å². The minimum absolute atomic E-state index is 0.0607. The minimum Gasteiger partial charge on any atom is -0.342 e. The van der Waals surface area contributed by atoms with E-state index in [0.29, 0.717) is 18.9 Å². The number of thioether (sulfide) groups is 1. The Kier molecular flexibility index (Phi) is 6.59. The lowest BCUT2D eigenvalue weighted by atomic mass is 9.92. The smallest absolute Gasteiger partial charge is 0.228 e. The van der Waals surface area contributed by atoms with Gasteiger partial charge in [0.2, 0.25) is 11.8 Å². The third-order valence-electron chi connectivity index (χ3n) is 5.57. The number of nitrogens with zero attached hydrogens (tertiary/aromatic N) is 2. The summed E-state index contributed by atoms with van der Waals surface area (Å²) < 4.78 is 0. The number of hydrogen-bond acceptors (Lipinski definition) is 4. The van der Waals surface area contributed by atoms with Crippen molar-refractivity contribution in [3.8, 4) is 0 Å². The van der Waals surface area contributed by atoms with Gasteiger partial charge in [0.15, 0.2) is 0 Å². The molecule has 142 valence electrons. The van der Waals surface area contributed by atoms with E-state index in [-0.39, 0.29) is 17.7 Å². The molecule has 1 aromatic carbocycles. The maximum absolute atomic E-state index is 12.9. The molecule has 26 heavy (non-hydrogen) atoms. The maximum atomic E-state index is 12.9. The van der Waals surface area contributed by atoms with Gasteiger partial charge in [-0.25, -0.2) is 0 Å². The predicted octanol–water partition coefficient (Wildman–Crippen LogP) is 2.61. The van der Waals surface area contributed by atoms with Crippen molar-refractivity contribution in [2.24, 2.45) is 11.8 Å². The third kappa shape index (κ3) is 4.41. The number of piperidine rings is 1. The van der Waals surface area contributed by atoms with Gasteiger partial charge in [0, 0.05) is 36.6 Å². The average Bonchev–Trinajstić information content (AvgIpc) is 3.08. The minimum atomic E-state index is -0.200. The van der Waals surface area contributed by atoms with Crippen LogP contribution in [0.4, 0.5) is 5.69 Å². The van der Waals surface area contributed by atoms with Crippen molar-refractivity contribution in [2.75, 3.05) is 44.4 Å². The molecule has 0 aliphatic carbocycles. The fourth-order valence-corrected chi connectivity index (χ4v) is 4.40. The normalized spacial score (nSPS) is 21.5. The van der Waals surface area contributed by atoms with E-state index in [1.807, 2.05) is 42.5 Å². The summed E-state index contributed by atoms with van der Waals surface area (Å²) in [5.41, 5.74) is 0.905. The first-order chi connectivity index (χ1) is 12.6. The Labute approximate surface area is 160 Å². The van der Waals surface area contributed by atoms with Gasteiger partial charge in [-0.1, -0.05) is 6.07 Å². The van der Waals surface area contributed by atoms with Crippen molar-refractivity contribution in [1.82, 2.24) is 10.2 Å². The predicted molar refractivity (Wildman–Crippen MR) is 107 cm³/mol. The van der Waals surface area contributed by atoms with Crippen LogP contribution >= 0.6 is 11.8 Å². The van der Waals surface area contributed by atoms with E-state index in [4.69, 9.17) is 0 Å². The van der Waals surface area contributed by atoms with Crippen LogP contribution in [-0.2, 0) is 9.59 Å². The van der Waals surface area contributed by atoms with Crippen molar-refractivity contribution < 1.29 is 9.59 Å². The highest BCUT2D eigenvalue weighted by atomic mass is 32.2. The van der Waals surface area contributed by atoms with Gasteiger partial charge < -0.3 is 15.1 Å². The lowest BCUT2D eigenvalue weighted by Gasteiger charge is -2.33. The molecule has 1 N–H and O–H groups in total. The van der Waals surface area contributed by atoms with Crippen LogP contribution in [0.15, 0.2) is 29.2 Å². The van der Waals surface area contributed by atoms with Gasteiger partial charge in [-0.3, -0.25) is 9.59 Å². The van der Waals surface area contributed by atoms with Crippen molar-refractivity contribution in [3.05, 3.63) is 24.3 Å². The molecule has 0 bridgehead atoms. The van der Waals surface area contributed by atoms with Gasteiger partial charge in [0.25, 0.3) is 0 Å². The van der Waals surface area contributed by atoms with Crippen molar-refractivity contribution in [1.29, 1.82) is 0 Å².